The number of aliphatic hydroxyl groups excluding tert-OH is 1. The van der Waals surface area contributed by atoms with E-state index >= 15 is 0 Å². The maximum absolute atomic E-state index is 12.2. The number of amides is 1. The van der Waals surface area contributed by atoms with Crippen LogP contribution in [0.15, 0.2) is 60.2 Å². The molecule has 0 radical (unpaired) electrons. The quantitative estimate of drug-likeness (QED) is 0.518. The molecule has 0 unspecified atom stereocenters. The molecule has 2 aromatic carbocycles. The van der Waals surface area contributed by atoms with Crippen LogP contribution in [0.3, 0.4) is 0 Å². The SMILES string of the molecule is COc1ccc(C(O)=C2C(=O)C(=O)N[C@H]2c2ccccc2)cc1. The minimum atomic E-state index is -0.716. The van der Waals surface area contributed by atoms with E-state index < -0.39 is 17.7 Å². The summed E-state index contributed by atoms with van der Waals surface area (Å²) in [5.41, 5.74) is 1.25. The Morgan fingerprint density at radius 3 is 2.30 bits per heavy atom. The van der Waals surface area contributed by atoms with Crippen LogP contribution in [0.4, 0.5) is 0 Å². The lowest BCUT2D eigenvalue weighted by Crippen LogP contribution is -2.21. The van der Waals surface area contributed by atoms with Crippen LogP contribution in [0.25, 0.3) is 5.76 Å². The zero-order valence-electron chi connectivity index (χ0n) is 12.4. The number of Topliss-reactive ketones (excluding diaryl/α,β-unsaturated/α-hetero) is 1. The van der Waals surface area contributed by atoms with Gasteiger partial charge in [-0.2, -0.15) is 0 Å². The van der Waals surface area contributed by atoms with E-state index in [1.54, 1.807) is 43.5 Å². The molecule has 1 amide bonds. The molecule has 0 aromatic heterocycles. The highest BCUT2D eigenvalue weighted by Crippen LogP contribution is 2.33. The van der Waals surface area contributed by atoms with Crippen LogP contribution in [-0.2, 0) is 9.59 Å². The fourth-order valence-electron chi connectivity index (χ4n) is 2.57. The van der Waals surface area contributed by atoms with Crippen LogP contribution in [0.5, 0.6) is 5.75 Å². The molecule has 0 spiro atoms. The first-order chi connectivity index (χ1) is 11.1. The third-order valence-electron chi connectivity index (χ3n) is 3.77. The molecule has 2 aromatic rings. The van der Waals surface area contributed by atoms with Crippen molar-refractivity contribution in [2.24, 2.45) is 0 Å². The molecule has 1 atom stereocenters. The maximum Gasteiger partial charge on any atom is 0.293 e. The van der Waals surface area contributed by atoms with Gasteiger partial charge in [0, 0.05) is 5.56 Å². The summed E-state index contributed by atoms with van der Waals surface area (Å²) < 4.78 is 5.07. The standard InChI is InChI=1S/C18H15NO4/c1-23-13-9-7-12(8-10-13)16(20)14-15(19-18(22)17(14)21)11-5-3-2-4-6-11/h2-10,15,20H,1H3,(H,19,22)/t15-/m0/s1. The van der Waals surface area contributed by atoms with Crippen molar-refractivity contribution in [2.75, 3.05) is 7.11 Å². The van der Waals surface area contributed by atoms with E-state index in [9.17, 15) is 14.7 Å². The molecule has 5 heteroatoms. The van der Waals surface area contributed by atoms with Gasteiger partial charge in [0.05, 0.1) is 18.7 Å². The lowest BCUT2D eigenvalue weighted by Gasteiger charge is -2.13. The third-order valence-corrected chi connectivity index (χ3v) is 3.77. The first kappa shape index (κ1) is 14.8. The first-order valence-corrected chi connectivity index (χ1v) is 7.09. The second-order valence-corrected chi connectivity index (χ2v) is 5.14. The summed E-state index contributed by atoms with van der Waals surface area (Å²) in [4.78, 5) is 24.0. The van der Waals surface area contributed by atoms with Gasteiger partial charge >= 0.3 is 0 Å². The topological polar surface area (TPSA) is 75.6 Å². The predicted molar refractivity (Wildman–Crippen MR) is 84.9 cm³/mol. The number of benzene rings is 2. The molecule has 1 heterocycles. The summed E-state index contributed by atoms with van der Waals surface area (Å²) in [6.45, 7) is 0. The molecule has 0 bridgehead atoms. The Labute approximate surface area is 133 Å². The number of nitrogens with one attached hydrogen (secondary N) is 1. The van der Waals surface area contributed by atoms with Crippen molar-refractivity contribution in [3.63, 3.8) is 0 Å². The number of ether oxygens (including phenoxy) is 1. The van der Waals surface area contributed by atoms with Gasteiger partial charge in [-0.25, -0.2) is 0 Å². The van der Waals surface area contributed by atoms with Crippen LogP contribution in [0, 0.1) is 0 Å². The zero-order valence-corrected chi connectivity index (χ0v) is 12.4. The van der Waals surface area contributed by atoms with Crippen molar-refractivity contribution in [3.8, 4) is 5.75 Å². The van der Waals surface area contributed by atoms with E-state index in [0.29, 0.717) is 11.3 Å². The average Bonchev–Trinajstić information content (AvgIpc) is 2.90. The van der Waals surface area contributed by atoms with Crippen molar-refractivity contribution >= 4 is 17.4 Å². The van der Waals surface area contributed by atoms with Crippen LogP contribution >= 0.6 is 0 Å². The predicted octanol–water partition coefficient (Wildman–Crippen LogP) is 2.40. The largest absolute Gasteiger partial charge is 0.507 e. The van der Waals surface area contributed by atoms with Gasteiger partial charge in [0.1, 0.15) is 11.5 Å². The van der Waals surface area contributed by atoms with E-state index in [1.807, 2.05) is 18.2 Å². The highest BCUT2D eigenvalue weighted by atomic mass is 16.5. The van der Waals surface area contributed by atoms with Crippen molar-refractivity contribution in [1.82, 2.24) is 5.32 Å². The Hall–Kier alpha value is -3.08. The molecule has 0 aliphatic carbocycles. The highest BCUT2D eigenvalue weighted by Gasteiger charge is 2.39. The number of methoxy groups -OCH3 is 1. The third kappa shape index (κ3) is 2.68. The number of hydrogen-bond acceptors (Lipinski definition) is 4. The van der Waals surface area contributed by atoms with E-state index in [2.05, 4.69) is 5.32 Å². The van der Waals surface area contributed by atoms with Gasteiger partial charge in [-0.1, -0.05) is 30.3 Å². The van der Waals surface area contributed by atoms with Gasteiger partial charge in [-0.05, 0) is 29.8 Å². The molecule has 0 saturated carbocycles. The molecular formula is C18H15NO4. The molecule has 2 N–H and O–H groups in total. The van der Waals surface area contributed by atoms with E-state index in [1.165, 1.54) is 0 Å². The molecule has 3 rings (SSSR count). The maximum atomic E-state index is 12.2. The molecule has 1 aliphatic rings. The fraction of sp³-hybridized carbons (Fsp3) is 0.111. The Bertz CT molecular complexity index is 778. The van der Waals surface area contributed by atoms with E-state index in [4.69, 9.17) is 4.74 Å². The average molecular weight is 309 g/mol. The number of hydrogen-bond donors (Lipinski definition) is 2. The van der Waals surface area contributed by atoms with E-state index in [-0.39, 0.29) is 11.3 Å². The Kier molecular flexibility index (Phi) is 3.85. The Balaban J connectivity index is 2.08. The molecule has 5 nitrogen and oxygen atoms in total. The van der Waals surface area contributed by atoms with Crippen LogP contribution < -0.4 is 10.1 Å². The molecule has 1 fully saturated rings. The van der Waals surface area contributed by atoms with Crippen molar-refractivity contribution in [1.29, 1.82) is 0 Å². The summed E-state index contributed by atoms with van der Waals surface area (Å²) in [5, 5.41) is 13.1. The number of carbonyl (C=O) groups is 2. The van der Waals surface area contributed by atoms with Gasteiger partial charge in [-0.15, -0.1) is 0 Å². The lowest BCUT2D eigenvalue weighted by atomic mass is 9.96. The Morgan fingerprint density at radius 1 is 1.04 bits per heavy atom. The summed E-state index contributed by atoms with van der Waals surface area (Å²) in [5.74, 6) is -0.996. The smallest absolute Gasteiger partial charge is 0.293 e. The van der Waals surface area contributed by atoms with Gasteiger partial charge in [0.15, 0.2) is 0 Å². The second kappa shape index (κ2) is 5.96. The Morgan fingerprint density at radius 2 is 1.70 bits per heavy atom. The number of aliphatic hydroxyl groups is 1. The normalized spacial score (nSPS) is 19.4. The van der Waals surface area contributed by atoms with Gasteiger partial charge < -0.3 is 15.2 Å². The summed E-state index contributed by atoms with van der Waals surface area (Å²) in [6.07, 6.45) is 0. The van der Waals surface area contributed by atoms with Gasteiger partial charge in [0.25, 0.3) is 11.7 Å². The van der Waals surface area contributed by atoms with Crippen molar-refractivity contribution in [2.45, 2.75) is 6.04 Å². The van der Waals surface area contributed by atoms with Crippen molar-refractivity contribution in [3.05, 3.63) is 71.3 Å². The minimum absolute atomic E-state index is 0.0615. The van der Waals surface area contributed by atoms with E-state index in [0.717, 1.165) is 5.56 Å². The van der Waals surface area contributed by atoms with Gasteiger partial charge in [0.2, 0.25) is 0 Å². The molecule has 23 heavy (non-hydrogen) atoms. The van der Waals surface area contributed by atoms with Gasteiger partial charge in [-0.3, -0.25) is 9.59 Å². The zero-order chi connectivity index (χ0) is 16.4. The minimum Gasteiger partial charge on any atom is -0.507 e. The molecular weight excluding hydrogens is 294 g/mol. The number of carbonyl (C=O) groups excluding carboxylic acids is 2. The summed E-state index contributed by atoms with van der Waals surface area (Å²) in [6, 6.07) is 15.0. The monoisotopic (exact) mass is 309 g/mol. The number of rotatable bonds is 3. The summed E-state index contributed by atoms with van der Waals surface area (Å²) in [7, 11) is 1.54. The van der Waals surface area contributed by atoms with Crippen LogP contribution in [0.2, 0.25) is 0 Å². The summed E-state index contributed by atoms with van der Waals surface area (Å²) >= 11 is 0. The molecule has 1 aliphatic heterocycles. The molecule has 116 valence electrons. The fourth-order valence-corrected chi connectivity index (χ4v) is 2.57. The highest BCUT2D eigenvalue weighted by molar-refractivity contribution is 6.46. The second-order valence-electron chi connectivity index (χ2n) is 5.14. The van der Waals surface area contributed by atoms with Crippen molar-refractivity contribution < 1.29 is 19.4 Å². The lowest BCUT2D eigenvalue weighted by molar-refractivity contribution is -0.133. The van der Waals surface area contributed by atoms with Crippen LogP contribution in [-0.4, -0.2) is 23.9 Å². The van der Waals surface area contributed by atoms with Crippen LogP contribution in [0.1, 0.15) is 17.2 Å². The first-order valence-electron chi connectivity index (χ1n) is 7.09. The molecule has 1 saturated heterocycles. The number of ketones is 1.